The third kappa shape index (κ3) is 6.48. The summed E-state index contributed by atoms with van der Waals surface area (Å²) in [4.78, 5) is 66.5. The Hall–Kier alpha value is -3.52. The first-order chi connectivity index (χ1) is 18.3. The number of halogens is 1. The van der Waals surface area contributed by atoms with Crippen molar-refractivity contribution in [1.29, 1.82) is 0 Å². The highest BCUT2D eigenvalue weighted by atomic mass is 35.5. The largest absolute Gasteiger partial charge is 0.455 e. The van der Waals surface area contributed by atoms with Gasteiger partial charge in [0.2, 0.25) is 0 Å². The Bertz CT molecular complexity index is 1220. The Morgan fingerprint density at radius 3 is 2.47 bits per heavy atom. The lowest BCUT2D eigenvalue weighted by Crippen LogP contribution is -2.45. The number of esters is 1. The number of likely N-dealkylation sites (N-methyl/N-ethyl adjacent to an activating group) is 1. The number of hydrogen-bond donors (Lipinski definition) is 1. The van der Waals surface area contributed by atoms with Crippen molar-refractivity contribution in [2.24, 2.45) is 0 Å². The van der Waals surface area contributed by atoms with Gasteiger partial charge in [0.05, 0.1) is 35.5 Å². The number of nitrogens with one attached hydrogen (secondary N) is 1. The summed E-state index contributed by atoms with van der Waals surface area (Å²) in [6, 6.07) is 9.82. The lowest BCUT2D eigenvalue weighted by molar-refractivity contribution is -0.150. The first-order valence-corrected chi connectivity index (χ1v) is 12.8. The SMILES string of the molecule is CNCC(=O)OCC(=O)N(CC1CN(c2ccc(N3CCOCC3=O)cc2)C(=O)O1)C(=O)c1ccc(Cl)s1. The average molecular weight is 565 g/mol. The van der Waals surface area contributed by atoms with Gasteiger partial charge in [0.15, 0.2) is 6.61 Å². The molecule has 1 atom stereocenters. The molecular weight excluding hydrogens is 540 g/mol. The van der Waals surface area contributed by atoms with Crippen molar-refractivity contribution in [3.05, 3.63) is 45.6 Å². The highest BCUT2D eigenvalue weighted by Gasteiger charge is 2.37. The van der Waals surface area contributed by atoms with Crippen LogP contribution in [0.5, 0.6) is 0 Å². The molecule has 2 aliphatic heterocycles. The predicted octanol–water partition coefficient (Wildman–Crippen LogP) is 1.52. The molecular formula is C24H25ClN4O8S. The number of nitrogens with zero attached hydrogens (tertiary/aromatic N) is 3. The van der Waals surface area contributed by atoms with Crippen LogP contribution in [0.3, 0.4) is 0 Å². The molecule has 0 saturated carbocycles. The fourth-order valence-corrected chi connectivity index (χ4v) is 4.90. The Morgan fingerprint density at radius 2 is 1.84 bits per heavy atom. The van der Waals surface area contributed by atoms with Crippen LogP contribution in [0.15, 0.2) is 36.4 Å². The van der Waals surface area contributed by atoms with E-state index < -0.39 is 36.6 Å². The van der Waals surface area contributed by atoms with Crippen LogP contribution >= 0.6 is 22.9 Å². The summed E-state index contributed by atoms with van der Waals surface area (Å²) in [5, 5.41) is 2.61. The van der Waals surface area contributed by atoms with Gasteiger partial charge in [-0.15, -0.1) is 11.3 Å². The summed E-state index contributed by atoms with van der Waals surface area (Å²) in [6.07, 6.45) is -1.48. The van der Waals surface area contributed by atoms with Crippen LogP contribution < -0.4 is 15.1 Å². The van der Waals surface area contributed by atoms with E-state index in [-0.39, 0.29) is 37.0 Å². The van der Waals surface area contributed by atoms with Gasteiger partial charge in [-0.3, -0.25) is 29.0 Å². The number of anilines is 2. The van der Waals surface area contributed by atoms with Gasteiger partial charge in [-0.05, 0) is 43.4 Å². The summed E-state index contributed by atoms with van der Waals surface area (Å²) >= 11 is 6.95. The standard InChI is InChI=1S/C24H25ClN4O8S/c1-26-10-22(32)36-14-21(31)29(23(33)18-6-7-19(25)38-18)12-17-11-28(24(34)37-17)16-4-2-15(3-5-16)27-8-9-35-13-20(27)30/h2-7,17,26H,8-14H2,1H3. The second-order valence-electron chi connectivity index (χ2n) is 8.34. The van der Waals surface area contributed by atoms with Gasteiger partial charge in [-0.25, -0.2) is 4.79 Å². The quantitative estimate of drug-likeness (QED) is 0.450. The number of imide groups is 1. The molecule has 202 valence electrons. The van der Waals surface area contributed by atoms with Crippen molar-refractivity contribution in [2.45, 2.75) is 6.10 Å². The molecule has 2 saturated heterocycles. The van der Waals surface area contributed by atoms with Crippen LogP contribution in [-0.2, 0) is 28.6 Å². The Balaban J connectivity index is 1.45. The predicted molar refractivity (Wildman–Crippen MR) is 137 cm³/mol. The Labute approximate surface area is 227 Å². The van der Waals surface area contributed by atoms with Gasteiger partial charge in [0.1, 0.15) is 12.7 Å². The molecule has 0 spiro atoms. The van der Waals surface area contributed by atoms with Gasteiger partial charge >= 0.3 is 12.1 Å². The average Bonchev–Trinajstić information content (AvgIpc) is 3.51. The molecule has 1 aromatic carbocycles. The van der Waals surface area contributed by atoms with E-state index >= 15 is 0 Å². The van der Waals surface area contributed by atoms with Crippen LogP contribution in [0, 0.1) is 0 Å². The number of morpholine rings is 1. The fraction of sp³-hybridized carbons (Fsp3) is 0.375. The molecule has 1 aromatic heterocycles. The molecule has 2 fully saturated rings. The van der Waals surface area contributed by atoms with Crippen LogP contribution in [0.25, 0.3) is 0 Å². The van der Waals surface area contributed by atoms with Crippen LogP contribution in [0.4, 0.5) is 16.2 Å². The normalized spacial score (nSPS) is 17.4. The number of carbonyl (C=O) groups excluding carboxylic acids is 5. The van der Waals surface area contributed by atoms with E-state index in [1.807, 2.05) is 0 Å². The first kappa shape index (κ1) is 27.5. The van der Waals surface area contributed by atoms with E-state index in [9.17, 15) is 24.0 Å². The van der Waals surface area contributed by atoms with E-state index in [1.165, 1.54) is 17.0 Å². The lowest BCUT2D eigenvalue weighted by Gasteiger charge is -2.27. The molecule has 2 aromatic rings. The molecule has 4 rings (SSSR count). The van der Waals surface area contributed by atoms with E-state index in [2.05, 4.69) is 5.32 Å². The lowest BCUT2D eigenvalue weighted by atomic mass is 10.2. The van der Waals surface area contributed by atoms with E-state index in [0.29, 0.717) is 28.9 Å². The van der Waals surface area contributed by atoms with Crippen LogP contribution in [-0.4, -0.2) is 93.8 Å². The molecule has 4 amide bonds. The molecule has 38 heavy (non-hydrogen) atoms. The first-order valence-electron chi connectivity index (χ1n) is 11.6. The molecule has 1 N–H and O–H groups in total. The van der Waals surface area contributed by atoms with Crippen molar-refractivity contribution in [3.63, 3.8) is 0 Å². The summed E-state index contributed by atoms with van der Waals surface area (Å²) in [6.45, 7) is -0.0531. The second-order valence-corrected chi connectivity index (χ2v) is 10.1. The Kier molecular flexibility index (Phi) is 8.94. The second kappa shape index (κ2) is 12.3. The summed E-state index contributed by atoms with van der Waals surface area (Å²) in [5.74, 6) is -2.22. The van der Waals surface area contributed by atoms with Crippen molar-refractivity contribution in [2.75, 3.05) is 62.8 Å². The minimum absolute atomic E-state index is 0.0161. The maximum atomic E-state index is 13.1. The topological polar surface area (TPSA) is 135 Å². The van der Waals surface area contributed by atoms with Crippen molar-refractivity contribution >= 4 is 64.1 Å². The molecule has 0 radical (unpaired) electrons. The van der Waals surface area contributed by atoms with E-state index in [1.54, 1.807) is 36.2 Å². The highest BCUT2D eigenvalue weighted by Crippen LogP contribution is 2.27. The molecule has 2 aliphatic rings. The number of benzene rings is 1. The Morgan fingerprint density at radius 1 is 1.13 bits per heavy atom. The van der Waals surface area contributed by atoms with Gasteiger partial charge in [-0.1, -0.05) is 11.6 Å². The smallest absolute Gasteiger partial charge is 0.414 e. The third-order valence-corrected chi connectivity index (χ3v) is 6.95. The third-order valence-electron chi connectivity index (χ3n) is 5.73. The molecule has 0 bridgehead atoms. The molecule has 0 aliphatic carbocycles. The van der Waals surface area contributed by atoms with Gasteiger partial charge in [-0.2, -0.15) is 0 Å². The molecule has 14 heteroatoms. The maximum absolute atomic E-state index is 13.1. The zero-order chi connectivity index (χ0) is 27.2. The number of cyclic esters (lactones) is 1. The fourth-order valence-electron chi connectivity index (χ4n) is 3.91. The summed E-state index contributed by atoms with van der Waals surface area (Å²) in [5.41, 5.74) is 1.20. The number of hydrogen-bond acceptors (Lipinski definition) is 10. The number of thiophene rings is 1. The zero-order valence-electron chi connectivity index (χ0n) is 20.4. The minimum Gasteiger partial charge on any atom is -0.455 e. The molecule has 1 unspecified atom stereocenters. The number of rotatable bonds is 9. The maximum Gasteiger partial charge on any atom is 0.414 e. The zero-order valence-corrected chi connectivity index (χ0v) is 22.0. The highest BCUT2D eigenvalue weighted by molar-refractivity contribution is 7.18. The van der Waals surface area contributed by atoms with Crippen LogP contribution in [0.1, 0.15) is 9.67 Å². The van der Waals surface area contributed by atoms with Crippen LogP contribution in [0.2, 0.25) is 4.34 Å². The molecule has 3 heterocycles. The van der Waals surface area contributed by atoms with Gasteiger partial charge < -0.3 is 24.4 Å². The summed E-state index contributed by atoms with van der Waals surface area (Å²) in [7, 11) is 1.55. The summed E-state index contributed by atoms with van der Waals surface area (Å²) < 4.78 is 15.9. The number of ether oxygens (including phenoxy) is 3. The van der Waals surface area contributed by atoms with E-state index in [0.717, 1.165) is 16.2 Å². The van der Waals surface area contributed by atoms with Gasteiger partial charge in [0.25, 0.3) is 17.7 Å². The number of amides is 4. The molecule has 12 nitrogen and oxygen atoms in total. The monoisotopic (exact) mass is 564 g/mol. The van der Waals surface area contributed by atoms with E-state index in [4.69, 9.17) is 25.8 Å². The van der Waals surface area contributed by atoms with Crippen molar-refractivity contribution < 1.29 is 38.2 Å². The van der Waals surface area contributed by atoms with Crippen molar-refractivity contribution in [3.8, 4) is 0 Å². The van der Waals surface area contributed by atoms with Crippen molar-refractivity contribution in [1.82, 2.24) is 10.2 Å². The minimum atomic E-state index is -0.834. The van der Waals surface area contributed by atoms with Gasteiger partial charge in [0, 0.05) is 17.9 Å². The number of carbonyl (C=O) groups is 5.